The van der Waals surface area contributed by atoms with Crippen molar-refractivity contribution in [2.24, 2.45) is 5.73 Å². The number of nitrogens with two attached hydrogens (primary N) is 1. The lowest BCUT2D eigenvalue weighted by atomic mass is 9.93. The molecule has 2 atom stereocenters. The van der Waals surface area contributed by atoms with Crippen LogP contribution in [0.25, 0.3) is 0 Å². The zero-order valence-electron chi connectivity index (χ0n) is 25.1. The summed E-state index contributed by atoms with van der Waals surface area (Å²) in [5, 5.41) is 13.5. The number of likely N-dealkylation sites (tertiary alicyclic amines) is 1. The van der Waals surface area contributed by atoms with Gasteiger partial charge in [-0.2, -0.15) is 18.3 Å². The molecule has 3 aromatic rings. The van der Waals surface area contributed by atoms with E-state index in [2.05, 4.69) is 30.7 Å². The number of alkyl halides is 3. The van der Waals surface area contributed by atoms with Crippen molar-refractivity contribution in [3.05, 3.63) is 59.2 Å². The first-order valence-corrected chi connectivity index (χ1v) is 15.5. The monoisotopic (exact) mass is 625 g/mol. The molecular formula is C31H38F3N9O2. The molecular weight excluding hydrogens is 587 g/mol. The summed E-state index contributed by atoms with van der Waals surface area (Å²) >= 11 is 0. The van der Waals surface area contributed by atoms with E-state index in [0.29, 0.717) is 55.5 Å². The van der Waals surface area contributed by atoms with Crippen LogP contribution in [0.2, 0.25) is 0 Å². The Morgan fingerprint density at radius 3 is 2.42 bits per heavy atom. The van der Waals surface area contributed by atoms with Gasteiger partial charge in [-0.25, -0.2) is 9.97 Å². The Labute approximate surface area is 259 Å². The maximum absolute atomic E-state index is 13.1. The van der Waals surface area contributed by atoms with Crippen LogP contribution >= 0.6 is 0 Å². The number of hydrogen-bond acceptors (Lipinski definition) is 8. The number of nitrogens with one attached hydrogen (secondary N) is 3. The van der Waals surface area contributed by atoms with Crippen LogP contribution in [0.3, 0.4) is 0 Å². The predicted octanol–water partition coefficient (Wildman–Crippen LogP) is 4.45. The van der Waals surface area contributed by atoms with Gasteiger partial charge in [-0.3, -0.25) is 19.6 Å². The molecule has 2 saturated heterocycles. The van der Waals surface area contributed by atoms with Gasteiger partial charge >= 0.3 is 6.18 Å². The van der Waals surface area contributed by atoms with Crippen LogP contribution < -0.4 is 21.3 Å². The Morgan fingerprint density at radius 1 is 1.02 bits per heavy atom. The first-order valence-electron chi connectivity index (χ1n) is 15.5. The molecule has 4 heterocycles. The number of aromatic amines is 1. The first kappa shape index (κ1) is 30.8. The molecule has 11 nitrogen and oxygen atoms in total. The van der Waals surface area contributed by atoms with E-state index in [1.54, 1.807) is 6.20 Å². The third-order valence-corrected chi connectivity index (χ3v) is 9.13. The largest absolute Gasteiger partial charge is 0.401 e. The van der Waals surface area contributed by atoms with E-state index in [4.69, 9.17) is 10.7 Å². The van der Waals surface area contributed by atoms with Crippen LogP contribution in [0, 0.1) is 0 Å². The normalized spacial score (nSPS) is 21.5. The van der Waals surface area contributed by atoms with Crippen molar-refractivity contribution < 1.29 is 22.8 Å². The lowest BCUT2D eigenvalue weighted by Crippen LogP contribution is -2.54. The van der Waals surface area contributed by atoms with E-state index in [9.17, 15) is 22.8 Å². The van der Waals surface area contributed by atoms with Gasteiger partial charge in [0.05, 0.1) is 30.3 Å². The zero-order valence-corrected chi connectivity index (χ0v) is 25.1. The van der Waals surface area contributed by atoms with Gasteiger partial charge in [0, 0.05) is 30.1 Å². The number of amides is 2. The van der Waals surface area contributed by atoms with E-state index in [-0.39, 0.29) is 35.4 Å². The number of rotatable bonds is 9. The van der Waals surface area contributed by atoms with Gasteiger partial charge in [-0.1, -0.05) is 12.1 Å². The minimum absolute atomic E-state index is 0.0462. The number of benzene rings is 1. The molecule has 45 heavy (non-hydrogen) atoms. The second-order valence-corrected chi connectivity index (χ2v) is 12.3. The van der Waals surface area contributed by atoms with E-state index in [0.717, 1.165) is 18.5 Å². The highest BCUT2D eigenvalue weighted by Gasteiger charge is 2.34. The van der Waals surface area contributed by atoms with E-state index in [1.807, 2.05) is 31.2 Å². The number of aromatic nitrogens is 4. The Bertz CT molecular complexity index is 1520. The molecule has 5 N–H and O–H groups in total. The van der Waals surface area contributed by atoms with Gasteiger partial charge in [0.15, 0.2) is 11.5 Å². The second kappa shape index (κ2) is 12.7. The highest BCUT2D eigenvalue weighted by molar-refractivity contribution is 5.96. The fourth-order valence-corrected chi connectivity index (χ4v) is 6.49. The second-order valence-electron chi connectivity index (χ2n) is 12.3. The Morgan fingerprint density at radius 2 is 1.76 bits per heavy atom. The summed E-state index contributed by atoms with van der Waals surface area (Å²) in [6.07, 6.45) is 3.91. The quantitative estimate of drug-likeness (QED) is 0.273. The molecule has 2 aromatic heterocycles. The van der Waals surface area contributed by atoms with Crippen LogP contribution in [-0.2, 0) is 0 Å². The lowest BCUT2D eigenvalue weighted by molar-refractivity contribution is -0.147. The van der Waals surface area contributed by atoms with Crippen LogP contribution in [0.5, 0.6) is 0 Å². The molecule has 6 rings (SSSR count). The summed E-state index contributed by atoms with van der Waals surface area (Å²) in [7, 11) is 0. The molecule has 0 radical (unpaired) electrons. The Hall–Kier alpha value is -4.20. The predicted molar refractivity (Wildman–Crippen MR) is 163 cm³/mol. The van der Waals surface area contributed by atoms with Crippen molar-refractivity contribution in [3.8, 4) is 0 Å². The van der Waals surface area contributed by atoms with Crippen LogP contribution in [0.4, 0.5) is 30.5 Å². The minimum Gasteiger partial charge on any atom is -0.364 e. The molecule has 2 amide bonds. The molecule has 3 aliphatic rings. The highest BCUT2D eigenvalue weighted by atomic mass is 19.4. The third kappa shape index (κ3) is 7.21. The minimum atomic E-state index is -4.23. The lowest BCUT2D eigenvalue weighted by Gasteiger charge is -2.40. The van der Waals surface area contributed by atoms with Crippen molar-refractivity contribution in [1.29, 1.82) is 0 Å². The molecule has 1 saturated carbocycles. The van der Waals surface area contributed by atoms with Crippen LogP contribution in [0.15, 0.2) is 36.7 Å². The van der Waals surface area contributed by atoms with E-state index < -0.39 is 18.6 Å². The zero-order chi connectivity index (χ0) is 31.7. The van der Waals surface area contributed by atoms with Crippen molar-refractivity contribution in [2.45, 2.75) is 75.5 Å². The molecule has 14 heteroatoms. The van der Waals surface area contributed by atoms with Gasteiger partial charge in [-0.15, -0.1) is 0 Å². The molecule has 0 unspecified atom stereocenters. The summed E-state index contributed by atoms with van der Waals surface area (Å²) in [4.78, 5) is 38.0. The molecule has 2 aliphatic heterocycles. The number of primary amides is 1. The van der Waals surface area contributed by atoms with Crippen LogP contribution in [0.1, 0.15) is 89.4 Å². The SMILES string of the molecule is C[C@@H]1[C@H](NC(=O)c2ccc(C3CC3)cc2)CCCN1c1cnc(C(N)=O)c(Nc2cn[nH]c2C2CCN(CC(F)(F)F)CC2)n1. The van der Waals surface area contributed by atoms with E-state index >= 15 is 0 Å². The third-order valence-electron chi connectivity index (χ3n) is 9.13. The maximum Gasteiger partial charge on any atom is 0.401 e. The molecule has 0 bridgehead atoms. The Kier molecular flexibility index (Phi) is 8.67. The average molecular weight is 626 g/mol. The maximum atomic E-state index is 13.1. The number of halogens is 3. The van der Waals surface area contributed by atoms with Gasteiger partial charge in [0.25, 0.3) is 11.8 Å². The van der Waals surface area contributed by atoms with Crippen LogP contribution in [-0.4, -0.2) is 81.3 Å². The fourth-order valence-electron chi connectivity index (χ4n) is 6.49. The number of carbonyl (C=O) groups excluding carboxylic acids is 2. The number of piperidine rings is 2. The van der Waals surface area contributed by atoms with Crippen molar-refractivity contribution in [1.82, 2.24) is 30.4 Å². The first-order chi connectivity index (χ1) is 21.6. The fraction of sp³-hybridized carbons (Fsp3) is 0.516. The van der Waals surface area contributed by atoms with E-state index in [1.165, 1.54) is 29.5 Å². The van der Waals surface area contributed by atoms with Crippen molar-refractivity contribution >= 4 is 29.1 Å². The Balaban J connectivity index is 1.15. The number of H-pyrrole nitrogens is 1. The summed E-state index contributed by atoms with van der Waals surface area (Å²) in [5.41, 5.74) is 8.79. The van der Waals surface area contributed by atoms with Gasteiger partial charge < -0.3 is 21.3 Å². The molecule has 0 spiro atoms. The summed E-state index contributed by atoms with van der Waals surface area (Å²) < 4.78 is 38.6. The van der Waals surface area contributed by atoms with Gasteiger partial charge in [-0.05, 0) is 82.2 Å². The van der Waals surface area contributed by atoms with Gasteiger partial charge in [0.1, 0.15) is 5.82 Å². The summed E-state index contributed by atoms with van der Waals surface area (Å²) in [6, 6.07) is 7.60. The molecule has 1 aliphatic carbocycles. The highest BCUT2D eigenvalue weighted by Crippen LogP contribution is 2.40. The number of anilines is 3. The topological polar surface area (TPSA) is 145 Å². The average Bonchev–Trinajstić information content (AvgIpc) is 3.76. The summed E-state index contributed by atoms with van der Waals surface area (Å²) in [6.45, 7) is 2.39. The number of hydrogen-bond donors (Lipinski definition) is 4. The standard InChI is InChI=1S/C31H38F3N9O2/c1-18-23(39-30(45)22-8-6-20(7-9-22)19-4-5-19)3-2-12-43(18)25-16-36-27(28(35)44)29(40-25)38-24-15-37-41-26(24)21-10-13-42(14-11-21)17-31(32,33)34/h6-9,15-16,18-19,21,23H,2-5,10-14,17H2,1H3,(H2,35,44)(H,37,41)(H,38,40)(H,39,45)/t18-,23-/m1/s1. The molecule has 1 aromatic carbocycles. The molecule has 3 fully saturated rings. The van der Waals surface area contributed by atoms with Gasteiger partial charge in [0.2, 0.25) is 0 Å². The number of carbonyl (C=O) groups is 2. The van der Waals surface area contributed by atoms with Crippen molar-refractivity contribution in [3.63, 3.8) is 0 Å². The number of nitrogens with zero attached hydrogens (tertiary/aromatic N) is 5. The van der Waals surface area contributed by atoms with Crippen molar-refractivity contribution in [2.75, 3.05) is 36.4 Å². The summed E-state index contributed by atoms with van der Waals surface area (Å²) in [5.74, 6) is 0.376. The smallest absolute Gasteiger partial charge is 0.364 e. The molecule has 240 valence electrons.